The van der Waals surface area contributed by atoms with Crippen molar-refractivity contribution in [2.75, 3.05) is 0 Å². The van der Waals surface area contributed by atoms with Gasteiger partial charge in [0.25, 0.3) is 0 Å². The van der Waals surface area contributed by atoms with Crippen LogP contribution in [0.15, 0.2) is 35.2 Å². The lowest BCUT2D eigenvalue weighted by molar-refractivity contribution is 0.0986. The summed E-state index contributed by atoms with van der Waals surface area (Å²) in [5.41, 5.74) is 21.5. The lowest BCUT2D eigenvalue weighted by atomic mass is 9.92. The van der Waals surface area contributed by atoms with Crippen molar-refractivity contribution in [3.63, 3.8) is 0 Å². The first kappa shape index (κ1) is 13.6. The number of primary amides is 2. The minimum Gasteiger partial charge on any atom is -0.384 e. The zero-order valence-electron chi connectivity index (χ0n) is 10.5. The van der Waals surface area contributed by atoms with E-state index in [1.54, 1.807) is 0 Å². The highest BCUT2D eigenvalue weighted by Gasteiger charge is 2.31. The smallest absolute Gasteiger partial charge is 0.249 e. The largest absolute Gasteiger partial charge is 0.384 e. The minimum absolute atomic E-state index is 0.145. The van der Waals surface area contributed by atoms with Crippen LogP contribution in [0.5, 0.6) is 0 Å². The third-order valence-electron chi connectivity index (χ3n) is 2.86. The van der Waals surface area contributed by atoms with Crippen molar-refractivity contribution in [1.82, 2.24) is 5.32 Å². The van der Waals surface area contributed by atoms with Gasteiger partial charge in [0.05, 0.1) is 6.20 Å². The zero-order chi connectivity index (χ0) is 14.9. The number of nitrogens with one attached hydrogen (secondary N) is 1. The lowest BCUT2D eigenvalue weighted by Crippen LogP contribution is -2.55. The topological polar surface area (TPSA) is 163 Å². The van der Waals surface area contributed by atoms with Crippen molar-refractivity contribution in [1.29, 1.82) is 0 Å². The van der Waals surface area contributed by atoms with Crippen LogP contribution >= 0.6 is 0 Å². The summed E-state index contributed by atoms with van der Waals surface area (Å²) in [4.78, 5) is 26.7. The number of amides is 2. The molecule has 1 unspecified atom stereocenters. The van der Waals surface area contributed by atoms with Crippen LogP contribution in [0.4, 0.5) is 0 Å². The highest BCUT2D eigenvalue weighted by Crippen LogP contribution is 2.22. The fraction of sp³-hybridized carbons (Fsp3) is 0.0833. The van der Waals surface area contributed by atoms with Gasteiger partial charge in [0.15, 0.2) is 5.66 Å². The Kier molecular flexibility index (Phi) is 3.16. The van der Waals surface area contributed by atoms with E-state index in [1.165, 1.54) is 30.6 Å². The average molecular weight is 274 g/mol. The first-order valence-electron chi connectivity index (χ1n) is 5.64. The summed E-state index contributed by atoms with van der Waals surface area (Å²) < 4.78 is 0. The van der Waals surface area contributed by atoms with E-state index < -0.39 is 17.5 Å². The molecule has 1 atom stereocenters. The number of benzene rings is 1. The SMILES string of the molecule is NC(=O)c1ccc(C(N)=O)c(C2(N)C=NC=C(N)N2)c1. The van der Waals surface area contributed by atoms with E-state index in [0.29, 0.717) is 0 Å². The summed E-state index contributed by atoms with van der Waals surface area (Å²) in [6, 6.07) is 4.17. The van der Waals surface area contributed by atoms with Gasteiger partial charge in [-0.15, -0.1) is 0 Å². The van der Waals surface area contributed by atoms with Crippen LogP contribution in [0, 0.1) is 0 Å². The van der Waals surface area contributed by atoms with E-state index >= 15 is 0 Å². The van der Waals surface area contributed by atoms with E-state index in [9.17, 15) is 9.59 Å². The summed E-state index contributed by atoms with van der Waals surface area (Å²) in [5.74, 6) is -1.12. The van der Waals surface area contributed by atoms with Crippen molar-refractivity contribution in [2.45, 2.75) is 5.66 Å². The van der Waals surface area contributed by atoms with Gasteiger partial charge in [0.2, 0.25) is 11.8 Å². The molecule has 0 spiro atoms. The molecule has 0 aromatic heterocycles. The molecule has 20 heavy (non-hydrogen) atoms. The van der Waals surface area contributed by atoms with Crippen LogP contribution < -0.4 is 28.3 Å². The maximum absolute atomic E-state index is 11.5. The third-order valence-corrected chi connectivity index (χ3v) is 2.86. The quantitative estimate of drug-likeness (QED) is 0.448. The first-order valence-corrected chi connectivity index (χ1v) is 5.64. The summed E-state index contributed by atoms with van der Waals surface area (Å²) in [7, 11) is 0. The Bertz CT molecular complexity index is 651. The second kappa shape index (κ2) is 4.67. The average Bonchev–Trinajstić information content (AvgIpc) is 2.37. The molecule has 1 heterocycles. The van der Waals surface area contributed by atoms with Gasteiger partial charge in [-0.1, -0.05) is 0 Å². The molecule has 1 aliphatic rings. The van der Waals surface area contributed by atoms with Crippen molar-refractivity contribution >= 4 is 18.0 Å². The van der Waals surface area contributed by atoms with Crippen molar-refractivity contribution in [3.8, 4) is 0 Å². The molecule has 104 valence electrons. The summed E-state index contributed by atoms with van der Waals surface area (Å²) in [6.07, 6.45) is 2.73. The summed E-state index contributed by atoms with van der Waals surface area (Å²) in [6.45, 7) is 0. The van der Waals surface area contributed by atoms with Gasteiger partial charge in [-0.05, 0) is 18.2 Å². The van der Waals surface area contributed by atoms with Crippen LogP contribution in [-0.4, -0.2) is 18.0 Å². The molecule has 1 aromatic carbocycles. The van der Waals surface area contributed by atoms with E-state index in [0.717, 1.165) is 0 Å². The Morgan fingerprint density at radius 2 is 1.90 bits per heavy atom. The predicted octanol–water partition coefficient (Wildman–Crippen LogP) is -1.57. The molecule has 0 radical (unpaired) electrons. The van der Waals surface area contributed by atoms with Gasteiger partial charge in [0.1, 0.15) is 5.82 Å². The molecule has 0 bridgehead atoms. The number of aliphatic imine (C=N–C) groups is 1. The van der Waals surface area contributed by atoms with E-state index in [1.807, 2.05) is 0 Å². The molecule has 1 aliphatic heterocycles. The first-order chi connectivity index (χ1) is 9.33. The molecule has 2 amide bonds. The Morgan fingerprint density at radius 1 is 1.20 bits per heavy atom. The Balaban J connectivity index is 2.61. The number of hydrogen-bond donors (Lipinski definition) is 5. The standard InChI is InChI=1S/C12H14N6O2/c13-9-4-17-5-12(16,18-9)8-3-6(10(14)19)1-2-7(8)11(15)20/h1-5,18H,13,16H2,(H2,14,19)(H2,15,20). The van der Waals surface area contributed by atoms with Gasteiger partial charge in [-0.2, -0.15) is 0 Å². The van der Waals surface area contributed by atoms with Gasteiger partial charge < -0.3 is 28.3 Å². The maximum Gasteiger partial charge on any atom is 0.249 e. The normalized spacial score (nSPS) is 20.9. The van der Waals surface area contributed by atoms with Crippen LogP contribution in [0.2, 0.25) is 0 Å². The van der Waals surface area contributed by atoms with Crippen LogP contribution in [0.1, 0.15) is 26.3 Å². The van der Waals surface area contributed by atoms with Gasteiger partial charge in [0, 0.05) is 22.9 Å². The molecular weight excluding hydrogens is 260 g/mol. The number of rotatable bonds is 3. The number of carbonyl (C=O) groups is 2. The van der Waals surface area contributed by atoms with Crippen molar-refractivity contribution < 1.29 is 9.59 Å². The maximum atomic E-state index is 11.5. The van der Waals surface area contributed by atoms with Crippen LogP contribution in [0.25, 0.3) is 0 Å². The molecule has 0 saturated carbocycles. The molecule has 0 aliphatic carbocycles. The van der Waals surface area contributed by atoms with E-state index in [2.05, 4.69) is 10.3 Å². The van der Waals surface area contributed by atoms with Gasteiger partial charge in [-0.25, -0.2) is 0 Å². The highest BCUT2D eigenvalue weighted by molar-refractivity contribution is 5.99. The molecule has 2 rings (SSSR count). The lowest BCUT2D eigenvalue weighted by Gasteiger charge is -2.31. The van der Waals surface area contributed by atoms with Crippen molar-refractivity contribution in [3.05, 3.63) is 46.9 Å². The monoisotopic (exact) mass is 274 g/mol. The molecule has 8 heteroatoms. The number of hydrogen-bond acceptors (Lipinski definition) is 6. The van der Waals surface area contributed by atoms with Gasteiger partial charge >= 0.3 is 0 Å². The van der Waals surface area contributed by atoms with E-state index in [4.69, 9.17) is 22.9 Å². The van der Waals surface area contributed by atoms with Crippen LogP contribution in [-0.2, 0) is 5.66 Å². The van der Waals surface area contributed by atoms with E-state index in [-0.39, 0.29) is 22.5 Å². The Morgan fingerprint density at radius 3 is 2.45 bits per heavy atom. The summed E-state index contributed by atoms with van der Waals surface area (Å²) >= 11 is 0. The molecular formula is C12H14N6O2. The molecule has 9 N–H and O–H groups in total. The predicted molar refractivity (Wildman–Crippen MR) is 73.2 cm³/mol. The minimum atomic E-state index is -1.35. The fourth-order valence-corrected chi connectivity index (χ4v) is 1.93. The number of nitrogens with two attached hydrogens (primary N) is 4. The third kappa shape index (κ3) is 2.31. The molecule has 8 nitrogen and oxygen atoms in total. The second-order valence-corrected chi connectivity index (χ2v) is 4.35. The molecule has 0 saturated heterocycles. The number of carbonyl (C=O) groups excluding carboxylic acids is 2. The highest BCUT2D eigenvalue weighted by atomic mass is 16.1. The van der Waals surface area contributed by atoms with Crippen LogP contribution in [0.3, 0.4) is 0 Å². The number of nitrogens with zero attached hydrogens (tertiary/aromatic N) is 1. The Labute approximate surface area is 114 Å². The summed E-state index contributed by atoms with van der Waals surface area (Å²) in [5, 5.41) is 2.78. The molecule has 0 fully saturated rings. The second-order valence-electron chi connectivity index (χ2n) is 4.35. The molecule has 1 aromatic rings. The fourth-order valence-electron chi connectivity index (χ4n) is 1.93. The zero-order valence-corrected chi connectivity index (χ0v) is 10.5. The van der Waals surface area contributed by atoms with Gasteiger partial charge in [-0.3, -0.25) is 14.6 Å². The van der Waals surface area contributed by atoms with Crippen molar-refractivity contribution in [2.24, 2.45) is 27.9 Å². The Hall–Kier alpha value is -2.87.